The zero-order chi connectivity index (χ0) is 12.3. The molecule has 0 aliphatic heterocycles. The van der Waals surface area contributed by atoms with Gasteiger partial charge in [-0.05, 0) is 44.0 Å². The van der Waals surface area contributed by atoms with Gasteiger partial charge in [-0.25, -0.2) is 8.42 Å². The van der Waals surface area contributed by atoms with Crippen LogP contribution in [-0.2, 0) is 9.84 Å². The number of benzene rings is 1. The summed E-state index contributed by atoms with van der Waals surface area (Å²) in [7, 11) is -3.20. The molecule has 4 heteroatoms. The Labute approximate surface area is 97.6 Å². The average molecular weight is 241 g/mol. The molecule has 0 spiro atoms. The third-order valence-corrected chi connectivity index (χ3v) is 5.10. The van der Waals surface area contributed by atoms with Crippen LogP contribution in [-0.4, -0.2) is 13.7 Å². The SMILES string of the molecule is CCCC(C)S(=O)(=O)c1ccc(N)cc1C. The maximum Gasteiger partial charge on any atom is 0.181 e. The molecule has 1 rings (SSSR count). The fraction of sp³-hybridized carbons (Fsp3) is 0.500. The number of nitrogens with two attached hydrogens (primary N) is 1. The Morgan fingerprint density at radius 2 is 2.00 bits per heavy atom. The summed E-state index contributed by atoms with van der Waals surface area (Å²) in [6.07, 6.45) is 1.56. The fourth-order valence-electron chi connectivity index (χ4n) is 1.77. The van der Waals surface area contributed by atoms with Gasteiger partial charge in [0, 0.05) is 5.69 Å². The van der Waals surface area contributed by atoms with Gasteiger partial charge in [-0.1, -0.05) is 13.3 Å². The molecule has 0 aliphatic rings. The number of sulfone groups is 1. The van der Waals surface area contributed by atoms with Gasteiger partial charge in [-0.2, -0.15) is 0 Å². The Morgan fingerprint density at radius 3 is 2.50 bits per heavy atom. The summed E-state index contributed by atoms with van der Waals surface area (Å²) in [4.78, 5) is 0.405. The van der Waals surface area contributed by atoms with Crippen molar-refractivity contribution in [3.63, 3.8) is 0 Å². The molecule has 0 saturated heterocycles. The normalized spacial score (nSPS) is 13.7. The van der Waals surface area contributed by atoms with Crippen molar-refractivity contribution in [2.75, 3.05) is 5.73 Å². The lowest BCUT2D eigenvalue weighted by Gasteiger charge is -2.14. The zero-order valence-corrected chi connectivity index (χ0v) is 10.8. The smallest absolute Gasteiger partial charge is 0.181 e. The highest BCUT2D eigenvalue weighted by atomic mass is 32.2. The van der Waals surface area contributed by atoms with Crippen LogP contribution in [0.2, 0.25) is 0 Å². The molecule has 0 radical (unpaired) electrons. The van der Waals surface area contributed by atoms with Gasteiger partial charge >= 0.3 is 0 Å². The molecule has 0 saturated carbocycles. The minimum absolute atomic E-state index is 0.333. The van der Waals surface area contributed by atoms with Gasteiger partial charge < -0.3 is 5.73 Å². The highest BCUT2D eigenvalue weighted by molar-refractivity contribution is 7.92. The van der Waals surface area contributed by atoms with E-state index in [1.165, 1.54) is 0 Å². The summed E-state index contributed by atoms with van der Waals surface area (Å²) < 4.78 is 24.4. The van der Waals surface area contributed by atoms with E-state index in [1.807, 2.05) is 6.92 Å². The van der Waals surface area contributed by atoms with E-state index in [4.69, 9.17) is 5.73 Å². The Kier molecular flexibility index (Phi) is 3.97. The van der Waals surface area contributed by atoms with Crippen molar-refractivity contribution in [2.45, 2.75) is 43.8 Å². The van der Waals surface area contributed by atoms with Crippen LogP contribution < -0.4 is 5.73 Å². The highest BCUT2D eigenvalue weighted by Crippen LogP contribution is 2.24. The molecule has 90 valence electrons. The van der Waals surface area contributed by atoms with Gasteiger partial charge in [0.25, 0.3) is 0 Å². The number of hydrogen-bond acceptors (Lipinski definition) is 3. The van der Waals surface area contributed by atoms with Crippen LogP contribution in [0.3, 0.4) is 0 Å². The van der Waals surface area contributed by atoms with E-state index in [-0.39, 0.29) is 5.25 Å². The largest absolute Gasteiger partial charge is 0.399 e. The van der Waals surface area contributed by atoms with E-state index in [2.05, 4.69) is 0 Å². The van der Waals surface area contributed by atoms with E-state index >= 15 is 0 Å². The summed E-state index contributed by atoms with van der Waals surface area (Å²) in [5.41, 5.74) is 6.93. The maximum absolute atomic E-state index is 12.2. The molecule has 3 nitrogen and oxygen atoms in total. The Bertz CT molecular complexity index is 466. The first-order valence-electron chi connectivity index (χ1n) is 5.49. The lowest BCUT2D eigenvalue weighted by Crippen LogP contribution is -2.18. The minimum atomic E-state index is -3.20. The highest BCUT2D eigenvalue weighted by Gasteiger charge is 2.23. The Hall–Kier alpha value is -1.03. The number of aryl methyl sites for hydroxylation is 1. The molecule has 1 aromatic carbocycles. The van der Waals surface area contributed by atoms with E-state index in [1.54, 1.807) is 32.0 Å². The van der Waals surface area contributed by atoms with Crippen molar-refractivity contribution in [3.05, 3.63) is 23.8 Å². The van der Waals surface area contributed by atoms with Gasteiger partial charge in [0.15, 0.2) is 9.84 Å². The van der Waals surface area contributed by atoms with E-state index in [0.717, 1.165) is 12.0 Å². The summed E-state index contributed by atoms with van der Waals surface area (Å²) in [6.45, 7) is 5.53. The van der Waals surface area contributed by atoms with Crippen molar-refractivity contribution in [3.8, 4) is 0 Å². The van der Waals surface area contributed by atoms with Gasteiger partial charge in [-0.3, -0.25) is 0 Å². The number of rotatable bonds is 4. The van der Waals surface area contributed by atoms with E-state index < -0.39 is 9.84 Å². The fourth-order valence-corrected chi connectivity index (χ4v) is 3.52. The molecular weight excluding hydrogens is 222 g/mol. The van der Waals surface area contributed by atoms with E-state index in [9.17, 15) is 8.42 Å². The van der Waals surface area contributed by atoms with Crippen molar-refractivity contribution < 1.29 is 8.42 Å². The molecule has 1 aromatic rings. The first-order chi connectivity index (χ1) is 7.39. The van der Waals surface area contributed by atoms with Crippen molar-refractivity contribution in [2.24, 2.45) is 0 Å². The first kappa shape index (κ1) is 13.0. The zero-order valence-electron chi connectivity index (χ0n) is 10.0. The number of nitrogen functional groups attached to an aromatic ring is 1. The quantitative estimate of drug-likeness (QED) is 0.824. The lowest BCUT2D eigenvalue weighted by molar-refractivity contribution is 0.575. The van der Waals surface area contributed by atoms with Crippen molar-refractivity contribution in [1.82, 2.24) is 0 Å². The second-order valence-corrected chi connectivity index (χ2v) is 6.50. The first-order valence-corrected chi connectivity index (χ1v) is 7.04. The van der Waals surface area contributed by atoms with Crippen LogP contribution in [0.1, 0.15) is 32.3 Å². The molecular formula is C12H19NO2S. The third kappa shape index (κ3) is 2.55. The number of hydrogen-bond donors (Lipinski definition) is 1. The summed E-state index contributed by atoms with van der Waals surface area (Å²) in [5, 5.41) is -0.333. The second-order valence-electron chi connectivity index (χ2n) is 4.17. The Balaban J connectivity index is 3.17. The molecule has 0 bridgehead atoms. The van der Waals surface area contributed by atoms with Crippen LogP contribution in [0, 0.1) is 6.92 Å². The molecule has 2 N–H and O–H groups in total. The molecule has 0 amide bonds. The van der Waals surface area contributed by atoms with Gasteiger partial charge in [0.05, 0.1) is 10.1 Å². The monoisotopic (exact) mass is 241 g/mol. The molecule has 0 aliphatic carbocycles. The van der Waals surface area contributed by atoms with Gasteiger partial charge in [-0.15, -0.1) is 0 Å². The number of anilines is 1. The average Bonchev–Trinajstić information content (AvgIpc) is 2.17. The summed E-state index contributed by atoms with van der Waals surface area (Å²) in [6, 6.07) is 4.94. The van der Waals surface area contributed by atoms with Gasteiger partial charge in [0.1, 0.15) is 0 Å². The predicted octanol–water partition coefficient (Wildman–Crippen LogP) is 2.54. The molecule has 0 aromatic heterocycles. The maximum atomic E-state index is 12.2. The molecule has 1 atom stereocenters. The summed E-state index contributed by atoms with van der Waals surface area (Å²) >= 11 is 0. The van der Waals surface area contributed by atoms with Crippen LogP contribution in [0.15, 0.2) is 23.1 Å². The minimum Gasteiger partial charge on any atom is -0.399 e. The molecule has 16 heavy (non-hydrogen) atoms. The van der Waals surface area contributed by atoms with Gasteiger partial charge in [0.2, 0.25) is 0 Å². The van der Waals surface area contributed by atoms with E-state index in [0.29, 0.717) is 17.0 Å². The van der Waals surface area contributed by atoms with Crippen LogP contribution in [0.4, 0.5) is 5.69 Å². The standard InChI is InChI=1S/C12H19NO2S/c1-4-5-10(3)16(14,15)12-7-6-11(13)8-9(12)2/h6-8,10H,4-5,13H2,1-3H3. The third-order valence-electron chi connectivity index (χ3n) is 2.73. The topological polar surface area (TPSA) is 60.2 Å². The molecule has 0 fully saturated rings. The summed E-state index contributed by atoms with van der Waals surface area (Å²) in [5.74, 6) is 0. The van der Waals surface area contributed by atoms with Crippen LogP contribution in [0.5, 0.6) is 0 Å². The van der Waals surface area contributed by atoms with Crippen LogP contribution in [0.25, 0.3) is 0 Å². The van der Waals surface area contributed by atoms with Crippen molar-refractivity contribution in [1.29, 1.82) is 0 Å². The Morgan fingerprint density at radius 1 is 1.38 bits per heavy atom. The molecule has 1 unspecified atom stereocenters. The predicted molar refractivity (Wildman–Crippen MR) is 67.1 cm³/mol. The second kappa shape index (κ2) is 4.87. The lowest BCUT2D eigenvalue weighted by atomic mass is 10.2. The van der Waals surface area contributed by atoms with Crippen molar-refractivity contribution >= 4 is 15.5 Å². The molecule has 0 heterocycles. The van der Waals surface area contributed by atoms with Crippen LogP contribution >= 0.6 is 0 Å².